The van der Waals surface area contributed by atoms with E-state index >= 15 is 0 Å². The van der Waals surface area contributed by atoms with Gasteiger partial charge in [0.25, 0.3) is 11.1 Å². The van der Waals surface area contributed by atoms with Crippen molar-refractivity contribution < 1.29 is 5.11 Å². The summed E-state index contributed by atoms with van der Waals surface area (Å²) < 4.78 is 1.40. The highest BCUT2D eigenvalue weighted by Gasteiger charge is 2.16. The highest BCUT2D eigenvalue weighted by atomic mass is 16.3. The monoisotopic (exact) mass is 307 g/mol. The number of aromatic nitrogens is 2. The fourth-order valence-electron chi connectivity index (χ4n) is 2.57. The number of hydrogen-bond acceptors (Lipinski definition) is 4. The van der Waals surface area contributed by atoms with Crippen molar-refractivity contribution in [2.24, 2.45) is 0 Å². The predicted molar refractivity (Wildman–Crippen MR) is 85.2 cm³/mol. The van der Waals surface area contributed by atoms with Gasteiger partial charge in [-0.05, 0) is 17.7 Å². The summed E-state index contributed by atoms with van der Waals surface area (Å²) in [7, 11) is 0. The zero-order valence-corrected chi connectivity index (χ0v) is 12.1. The highest BCUT2D eigenvalue weighted by Crippen LogP contribution is 2.17. The summed E-state index contributed by atoms with van der Waals surface area (Å²) in [6.45, 7) is -0.246. The maximum atomic E-state index is 12.7. The van der Waals surface area contributed by atoms with Gasteiger partial charge in [-0.1, -0.05) is 30.3 Å². The van der Waals surface area contributed by atoms with E-state index in [0.29, 0.717) is 5.52 Å². The van der Waals surface area contributed by atoms with E-state index in [2.05, 4.69) is 4.98 Å². The largest absolute Gasteiger partial charge is 0.394 e. The van der Waals surface area contributed by atoms with Crippen LogP contribution < -0.4 is 11.1 Å². The molecular formula is C17H13N3O3. The van der Waals surface area contributed by atoms with Gasteiger partial charge in [-0.15, -0.1) is 0 Å². The lowest BCUT2D eigenvalue weighted by Gasteiger charge is -2.18. The van der Waals surface area contributed by atoms with Gasteiger partial charge in [-0.2, -0.15) is 5.26 Å². The number of fused-ring (bicyclic) bond motifs is 1. The van der Waals surface area contributed by atoms with Gasteiger partial charge in [0.05, 0.1) is 23.6 Å². The molecule has 0 amide bonds. The van der Waals surface area contributed by atoms with Gasteiger partial charge in [0.15, 0.2) is 0 Å². The number of aliphatic hydroxyl groups is 1. The van der Waals surface area contributed by atoms with Crippen LogP contribution >= 0.6 is 0 Å². The van der Waals surface area contributed by atoms with Gasteiger partial charge < -0.3 is 14.7 Å². The van der Waals surface area contributed by atoms with Crippen molar-refractivity contribution in [3.05, 3.63) is 80.5 Å². The zero-order chi connectivity index (χ0) is 16.4. The number of nitriles is 1. The smallest absolute Gasteiger partial charge is 0.266 e. The van der Waals surface area contributed by atoms with Crippen LogP contribution in [0.5, 0.6) is 0 Å². The first-order valence-corrected chi connectivity index (χ1v) is 7.00. The van der Waals surface area contributed by atoms with Crippen molar-refractivity contribution in [2.75, 3.05) is 6.61 Å². The molecule has 114 valence electrons. The molecular weight excluding hydrogens is 294 g/mol. The minimum absolute atomic E-state index is 0.118. The summed E-state index contributed by atoms with van der Waals surface area (Å²) in [4.78, 5) is 26.9. The zero-order valence-electron chi connectivity index (χ0n) is 12.1. The molecule has 0 spiro atoms. The van der Waals surface area contributed by atoms with E-state index in [9.17, 15) is 14.7 Å². The summed E-state index contributed by atoms with van der Waals surface area (Å²) in [5.41, 5.74) is 0.131. The van der Waals surface area contributed by atoms with Crippen LogP contribution in [0.3, 0.4) is 0 Å². The fraction of sp³-hybridized carbons (Fsp3) is 0.118. The molecule has 0 aliphatic heterocycles. The van der Waals surface area contributed by atoms with Crippen molar-refractivity contribution in [1.82, 2.24) is 9.55 Å². The van der Waals surface area contributed by atoms with E-state index < -0.39 is 11.6 Å². The molecule has 0 aliphatic rings. The molecule has 6 heteroatoms. The summed E-state index contributed by atoms with van der Waals surface area (Å²) >= 11 is 0. The minimum atomic E-state index is -0.537. The molecule has 2 N–H and O–H groups in total. The molecule has 3 rings (SSSR count). The summed E-state index contributed by atoms with van der Waals surface area (Å²) in [6, 6.07) is 13.3. The Morgan fingerprint density at radius 3 is 2.61 bits per heavy atom. The van der Waals surface area contributed by atoms with Crippen LogP contribution in [0.15, 0.2) is 58.3 Å². The third-order valence-electron chi connectivity index (χ3n) is 3.75. The maximum absolute atomic E-state index is 12.7. The summed E-state index contributed by atoms with van der Waals surface area (Å²) in [5.74, 6) is 0. The van der Waals surface area contributed by atoms with Gasteiger partial charge in [-0.3, -0.25) is 9.59 Å². The molecule has 0 bridgehead atoms. The Hall–Kier alpha value is -3.17. The molecule has 1 aromatic carbocycles. The van der Waals surface area contributed by atoms with E-state index in [0.717, 1.165) is 5.56 Å². The molecule has 6 nitrogen and oxygen atoms in total. The van der Waals surface area contributed by atoms with E-state index in [1.165, 1.54) is 16.8 Å². The first-order chi connectivity index (χ1) is 11.2. The van der Waals surface area contributed by atoms with E-state index in [1.54, 1.807) is 12.1 Å². The Kier molecular flexibility index (Phi) is 3.79. The number of H-pyrrole nitrogens is 1. The Morgan fingerprint density at radius 1 is 1.22 bits per heavy atom. The highest BCUT2D eigenvalue weighted by molar-refractivity contribution is 5.78. The van der Waals surface area contributed by atoms with Crippen LogP contribution in [-0.4, -0.2) is 21.3 Å². The molecule has 2 heterocycles. The lowest BCUT2D eigenvalue weighted by molar-refractivity contribution is 0.247. The van der Waals surface area contributed by atoms with Gasteiger partial charge in [0.1, 0.15) is 11.6 Å². The van der Waals surface area contributed by atoms with Crippen molar-refractivity contribution >= 4 is 10.9 Å². The number of aromatic amines is 1. The molecule has 0 fully saturated rings. The van der Waals surface area contributed by atoms with Gasteiger partial charge in [-0.25, -0.2) is 0 Å². The average molecular weight is 307 g/mol. The van der Waals surface area contributed by atoms with Crippen LogP contribution in [-0.2, 0) is 0 Å². The van der Waals surface area contributed by atoms with E-state index in [1.807, 2.05) is 30.3 Å². The Morgan fingerprint density at radius 2 is 1.96 bits per heavy atom. The quantitative estimate of drug-likeness (QED) is 0.758. The molecule has 0 saturated carbocycles. The van der Waals surface area contributed by atoms with Crippen LogP contribution in [0.25, 0.3) is 10.9 Å². The second-order valence-corrected chi connectivity index (χ2v) is 5.09. The first kappa shape index (κ1) is 14.8. The second kappa shape index (κ2) is 5.91. The normalized spacial score (nSPS) is 12.0. The predicted octanol–water partition coefficient (Wildman–Crippen LogP) is 1.14. The van der Waals surface area contributed by atoms with Crippen LogP contribution in [0.2, 0.25) is 0 Å². The Bertz CT molecular complexity index is 1010. The third-order valence-corrected chi connectivity index (χ3v) is 3.75. The topological polar surface area (TPSA) is 98.9 Å². The molecule has 3 aromatic rings. The van der Waals surface area contributed by atoms with Gasteiger partial charge in [0.2, 0.25) is 0 Å². The lowest BCUT2D eigenvalue weighted by atomic mass is 10.1. The molecule has 0 saturated heterocycles. The van der Waals surface area contributed by atoms with Gasteiger partial charge >= 0.3 is 0 Å². The first-order valence-electron chi connectivity index (χ1n) is 7.00. The SMILES string of the molecule is N#Cc1cc2c(=O)n([C@@H](CO)c3ccccc3)ccc2[nH]c1=O. The van der Waals surface area contributed by atoms with Gasteiger partial charge in [0, 0.05) is 6.20 Å². The number of rotatable bonds is 3. The number of hydrogen-bond donors (Lipinski definition) is 2. The fourth-order valence-corrected chi connectivity index (χ4v) is 2.57. The Labute approximate surface area is 130 Å². The molecule has 0 radical (unpaired) electrons. The van der Waals surface area contributed by atoms with Crippen molar-refractivity contribution in [2.45, 2.75) is 6.04 Å². The second-order valence-electron chi connectivity index (χ2n) is 5.09. The number of aliphatic hydroxyl groups excluding tert-OH is 1. The summed E-state index contributed by atoms with van der Waals surface area (Å²) in [6.07, 6.45) is 1.53. The lowest BCUT2D eigenvalue weighted by Crippen LogP contribution is -2.28. The number of benzene rings is 1. The molecule has 0 unspecified atom stereocenters. The molecule has 1 atom stereocenters. The van der Waals surface area contributed by atoms with Crippen LogP contribution in [0.4, 0.5) is 0 Å². The minimum Gasteiger partial charge on any atom is -0.394 e. The van der Waals surface area contributed by atoms with E-state index in [-0.39, 0.29) is 23.1 Å². The standard InChI is InChI=1S/C17H13N3O3/c18-9-12-8-13-14(19-16(12)22)6-7-20(17(13)23)15(10-21)11-4-2-1-3-5-11/h1-8,15,21H,10H2,(H,19,22)/t15-/m0/s1. The van der Waals surface area contributed by atoms with Crippen LogP contribution in [0.1, 0.15) is 17.2 Å². The van der Waals surface area contributed by atoms with Crippen LogP contribution in [0, 0.1) is 11.3 Å². The number of pyridine rings is 2. The molecule has 2 aromatic heterocycles. The van der Waals surface area contributed by atoms with Crippen molar-refractivity contribution in [3.8, 4) is 6.07 Å². The summed E-state index contributed by atoms with van der Waals surface area (Å²) in [5, 5.41) is 18.9. The molecule has 0 aliphatic carbocycles. The van der Waals surface area contributed by atoms with Crippen molar-refractivity contribution in [3.63, 3.8) is 0 Å². The number of nitrogens with zero attached hydrogens (tertiary/aromatic N) is 2. The number of nitrogens with one attached hydrogen (secondary N) is 1. The third kappa shape index (κ3) is 2.54. The Balaban J connectivity index is 2.25. The maximum Gasteiger partial charge on any atom is 0.266 e. The van der Waals surface area contributed by atoms with Crippen molar-refractivity contribution in [1.29, 1.82) is 5.26 Å². The van der Waals surface area contributed by atoms with E-state index in [4.69, 9.17) is 5.26 Å². The molecule has 23 heavy (non-hydrogen) atoms. The average Bonchev–Trinajstić information content (AvgIpc) is 2.58.